The van der Waals surface area contributed by atoms with Crippen LogP contribution in [-0.2, 0) is 132 Å². The molecule has 3 aromatic carbocycles. The van der Waals surface area contributed by atoms with Gasteiger partial charge in [0.25, 0.3) is 23.5 Å². The second kappa shape index (κ2) is 82.7. The Kier molecular flexibility index (Phi) is 77.7. The number of carboxylic acids is 15. The van der Waals surface area contributed by atoms with Crippen LogP contribution in [0, 0.1) is 39.9 Å². The van der Waals surface area contributed by atoms with Gasteiger partial charge in [-0.2, -0.15) is 0 Å². The molecule has 51 nitrogen and oxygen atoms in total. The Labute approximate surface area is 891 Å². The largest absolute Gasteiger partial charge is 3.00 e. The molecule has 3 aromatic rings. The summed E-state index contributed by atoms with van der Waals surface area (Å²) in [7, 11) is -14.8. The summed E-state index contributed by atoms with van der Waals surface area (Å²) in [4.78, 5) is 217. The predicted molar refractivity (Wildman–Crippen MR) is 519 cm³/mol. The third kappa shape index (κ3) is 80.9. The number of phosphoric acid groups is 3. The van der Waals surface area contributed by atoms with Gasteiger partial charge in [0.2, 0.25) is 0 Å². The number of unbranched alkanes of at least 4 members (excludes halogenated alkanes) is 21. The van der Waals surface area contributed by atoms with E-state index in [1.807, 2.05) is 54.6 Å². The summed E-state index contributed by atoms with van der Waals surface area (Å²) in [6.45, 7) is -16.8. The minimum Gasteiger partial charge on any atom is -0.756 e. The number of nitrogens with zero attached hydrogens (tertiary/aromatic N) is 9. The van der Waals surface area contributed by atoms with E-state index in [1.54, 1.807) is 0 Å². The van der Waals surface area contributed by atoms with Gasteiger partial charge in [-0.15, -0.1) is 0 Å². The van der Waals surface area contributed by atoms with E-state index >= 15 is 0 Å². The van der Waals surface area contributed by atoms with Crippen LogP contribution >= 0.6 is 23.5 Å². The van der Waals surface area contributed by atoms with Crippen molar-refractivity contribution in [2.75, 3.05) is 197 Å². The molecule has 0 aliphatic carbocycles. The molecule has 0 heterocycles. The maximum Gasteiger partial charge on any atom is 3.00 e. The van der Waals surface area contributed by atoms with E-state index in [0.717, 1.165) is 183 Å². The SMILES string of the molecule is O=C(O)CN(CCN(CC(=O)O)CC(COP(=O)([O-])OCCCCCCCCCCc1ccccc1)N(CC(=O)O)CC(=O)O)CC(=O)O.O=C(O)CN(CCN(CC(=O)O)CC(COP(=O)([O-])OCCCCCCCCCCc1ccccc1)N(CC(=O)O)CC(=O)O)CC(=O)O.O=C(O)CN(CCN(CC(=O)O)CC(COP(=O)([O-])OCCCCCCCCCCc1ccccc1)N(CC(=O)O)CC(=O)O)CC(=O)O.[Gd+3]. The van der Waals surface area contributed by atoms with Crippen molar-refractivity contribution in [1.82, 2.24) is 44.1 Å². The van der Waals surface area contributed by atoms with Gasteiger partial charge in [0, 0.05) is 77.0 Å². The second-order valence-corrected chi connectivity index (χ2v) is 39.1. The number of aryl methyl sites for hydroxylation is 3. The molecule has 839 valence electrons. The molecule has 0 bridgehead atoms. The summed E-state index contributed by atoms with van der Waals surface area (Å²) in [6, 6.07) is 27.0. The molecule has 0 aromatic heterocycles. The second-order valence-electron chi connectivity index (χ2n) is 34.8. The van der Waals surface area contributed by atoms with Crippen LogP contribution in [0.15, 0.2) is 91.0 Å². The number of aliphatic carboxylic acids is 15. The summed E-state index contributed by atoms with van der Waals surface area (Å²) in [5.74, 6) is -20.7. The van der Waals surface area contributed by atoms with Gasteiger partial charge in [-0.25, -0.2) is 0 Å². The van der Waals surface area contributed by atoms with Crippen molar-refractivity contribution in [2.45, 2.75) is 191 Å². The molecular weight excluding hydrogens is 2170 g/mol. The average molecular weight is 2310 g/mol. The number of hydrogen-bond acceptors (Lipinski definition) is 36. The molecule has 55 heteroatoms. The molecule has 148 heavy (non-hydrogen) atoms. The molecule has 3 rings (SSSR count). The van der Waals surface area contributed by atoms with E-state index < -0.39 is 269 Å². The van der Waals surface area contributed by atoms with Crippen LogP contribution in [0.25, 0.3) is 0 Å². The van der Waals surface area contributed by atoms with Gasteiger partial charge in [-0.3, -0.25) is 130 Å². The predicted octanol–water partition coefficient (Wildman–Crippen LogP) is 4.65. The van der Waals surface area contributed by atoms with Gasteiger partial charge in [0.05, 0.1) is 138 Å². The average Bonchev–Trinajstić information content (AvgIpc) is 0.868. The normalized spacial score (nSPS) is 13.3. The van der Waals surface area contributed by atoms with Crippen molar-refractivity contribution in [3.63, 3.8) is 0 Å². The summed E-state index contributed by atoms with van der Waals surface area (Å²) >= 11 is 0. The summed E-state index contributed by atoms with van der Waals surface area (Å²) in [5, 5.41) is 139. The number of phosphoric ester groups is 3. The van der Waals surface area contributed by atoms with E-state index in [9.17, 15) is 146 Å². The Morgan fingerprint density at radius 3 is 0.534 bits per heavy atom. The summed E-state index contributed by atoms with van der Waals surface area (Å²) < 4.78 is 67.4. The van der Waals surface area contributed by atoms with E-state index in [1.165, 1.54) is 31.4 Å². The summed E-state index contributed by atoms with van der Waals surface area (Å²) in [5.41, 5.74) is 3.98. The molecule has 1 radical (unpaired) electrons. The summed E-state index contributed by atoms with van der Waals surface area (Å²) in [6.07, 6.45) is 25.6. The fourth-order valence-electron chi connectivity index (χ4n) is 15.2. The maximum absolute atomic E-state index is 12.5. The first-order valence-electron chi connectivity index (χ1n) is 48.2. The molecule has 0 aliphatic rings. The van der Waals surface area contributed by atoms with Crippen LogP contribution in [0.1, 0.15) is 171 Å². The quantitative estimate of drug-likeness (QED) is 0.0270. The molecular formula is C93H147GdN9O42P3. The van der Waals surface area contributed by atoms with Crippen LogP contribution in [0.3, 0.4) is 0 Å². The monoisotopic (exact) mass is 2310 g/mol. The molecule has 6 atom stereocenters. The molecule has 15 N–H and O–H groups in total. The smallest absolute Gasteiger partial charge is 0.756 e. The van der Waals surface area contributed by atoms with Gasteiger partial charge in [-0.05, 0) is 74.5 Å². The van der Waals surface area contributed by atoms with Crippen molar-refractivity contribution in [1.29, 1.82) is 0 Å². The minimum absolute atomic E-state index is 0. The van der Waals surface area contributed by atoms with E-state index in [-0.39, 0.29) is 99.0 Å². The zero-order valence-corrected chi connectivity index (χ0v) is 88.1. The number of benzene rings is 3. The Bertz CT molecular complexity index is 3960. The molecule has 0 spiro atoms. The molecule has 0 saturated heterocycles. The van der Waals surface area contributed by atoms with E-state index in [4.69, 9.17) is 57.8 Å². The van der Waals surface area contributed by atoms with Crippen LogP contribution in [0.4, 0.5) is 0 Å². The Hall–Kier alpha value is -9.00. The van der Waals surface area contributed by atoms with E-state index in [0.29, 0.717) is 19.3 Å². The van der Waals surface area contributed by atoms with Crippen molar-refractivity contribution in [2.24, 2.45) is 0 Å². The first kappa shape index (κ1) is 139. The first-order valence-corrected chi connectivity index (χ1v) is 52.6. The molecule has 0 amide bonds. The van der Waals surface area contributed by atoms with E-state index in [2.05, 4.69) is 36.4 Å². The van der Waals surface area contributed by atoms with Crippen LogP contribution in [0.2, 0.25) is 0 Å². The van der Waals surface area contributed by atoms with Crippen LogP contribution < -0.4 is 14.7 Å². The first-order chi connectivity index (χ1) is 69.5. The molecule has 0 aliphatic heterocycles. The number of rotatable bonds is 93. The fourth-order valence-corrected chi connectivity index (χ4v) is 17.5. The third-order valence-corrected chi connectivity index (χ3v) is 24.9. The molecule has 6 unspecified atom stereocenters. The van der Waals surface area contributed by atoms with Gasteiger partial charge in [0.15, 0.2) is 0 Å². The maximum atomic E-state index is 12.5. The molecule has 0 saturated carbocycles. The Balaban J connectivity index is 0.00000218. The zero-order valence-electron chi connectivity index (χ0n) is 83.1. The Morgan fingerprint density at radius 1 is 0.216 bits per heavy atom. The third-order valence-electron chi connectivity index (χ3n) is 22.0. The van der Waals surface area contributed by atoms with Gasteiger partial charge in [-0.1, -0.05) is 207 Å². The van der Waals surface area contributed by atoms with Gasteiger partial charge < -0.3 is 118 Å². The van der Waals surface area contributed by atoms with Gasteiger partial charge in [0.1, 0.15) is 0 Å². The fraction of sp³-hybridized carbons (Fsp3) is 0.645. The standard InChI is InChI=1S/3C31H50N3O14P.Gd/c3*35-27(36)19-32(15-16-33(20-28(37)38)21-29(39)40)18-26(34(22-30(41)42)23-31(43)44)24-48-49(45,46)47-17-11-6-4-2-1-3-5-8-12-25-13-9-7-10-14-25;/h3*7,9-10,13-14,26H,1-6,8,11-12,15-24H2,(H,35,36)(H,37,38)(H,39,40)(H,41,42)(H,43,44)(H,45,46);/q;;;+3/p-3. The number of carbonyl (C=O) groups is 15. The zero-order chi connectivity index (χ0) is 110. The van der Waals surface area contributed by atoms with Crippen molar-refractivity contribution in [3.05, 3.63) is 108 Å². The number of carboxylic acid groups (broad SMARTS) is 15. The van der Waals surface area contributed by atoms with Crippen LogP contribution in [0.5, 0.6) is 0 Å². The van der Waals surface area contributed by atoms with Crippen molar-refractivity contribution < 1.29 is 244 Å². The van der Waals surface area contributed by atoms with Gasteiger partial charge >= 0.3 is 129 Å². The molecule has 0 fully saturated rings. The minimum atomic E-state index is -4.93. The Morgan fingerprint density at radius 2 is 0.365 bits per heavy atom. The topological polar surface area (TPSA) is 764 Å². The van der Waals surface area contributed by atoms with Crippen molar-refractivity contribution >= 4 is 113 Å². The number of hydrogen-bond donors (Lipinski definition) is 15. The van der Waals surface area contributed by atoms with Crippen molar-refractivity contribution in [3.8, 4) is 0 Å². The van der Waals surface area contributed by atoms with Crippen LogP contribution in [-0.4, -0.2) is 425 Å².